The van der Waals surface area contributed by atoms with Crippen LogP contribution in [0.25, 0.3) is 10.9 Å². The monoisotopic (exact) mass is 503 g/mol. The number of carbonyl (C=O) groups excluding carboxylic acids is 1. The van der Waals surface area contributed by atoms with E-state index < -0.39 is 24.6 Å². The van der Waals surface area contributed by atoms with E-state index in [0.29, 0.717) is 27.7 Å². The van der Waals surface area contributed by atoms with Crippen molar-refractivity contribution in [2.24, 2.45) is 0 Å². The molecular formula is C26H29BF3NO5. The summed E-state index contributed by atoms with van der Waals surface area (Å²) in [4.78, 5) is 12.0. The predicted molar refractivity (Wildman–Crippen MR) is 130 cm³/mol. The van der Waals surface area contributed by atoms with E-state index in [2.05, 4.69) is 0 Å². The molecule has 3 aromatic rings. The minimum Gasteiger partial charge on any atom is -0.489 e. The van der Waals surface area contributed by atoms with E-state index in [4.69, 9.17) is 18.8 Å². The molecule has 0 amide bonds. The van der Waals surface area contributed by atoms with Gasteiger partial charge in [-0.05, 0) is 69.2 Å². The molecule has 1 saturated heterocycles. The Balaban J connectivity index is 1.70. The van der Waals surface area contributed by atoms with Crippen LogP contribution in [-0.4, -0.2) is 35.5 Å². The Kier molecular flexibility index (Phi) is 6.87. The molecule has 0 spiro atoms. The molecule has 6 nitrogen and oxygen atoms in total. The summed E-state index contributed by atoms with van der Waals surface area (Å²) in [5.74, 6) is 0.0649. The summed E-state index contributed by atoms with van der Waals surface area (Å²) in [6, 6.07) is 11.6. The van der Waals surface area contributed by atoms with Crippen molar-refractivity contribution in [3.05, 3.63) is 59.8 Å². The third-order valence-corrected chi connectivity index (χ3v) is 6.69. The molecular weight excluding hydrogens is 474 g/mol. The Labute approximate surface area is 208 Å². The fourth-order valence-electron chi connectivity index (χ4n) is 4.12. The molecule has 4 rings (SSSR count). The number of nitrogens with zero attached hydrogens (tertiary/aromatic N) is 1. The summed E-state index contributed by atoms with van der Waals surface area (Å²) in [6.45, 7) is 9.52. The maximum Gasteiger partial charge on any atom is 0.495 e. The molecule has 192 valence electrons. The first-order valence-corrected chi connectivity index (χ1v) is 11.8. The van der Waals surface area contributed by atoms with Gasteiger partial charge in [-0.1, -0.05) is 24.3 Å². The molecule has 1 aliphatic heterocycles. The zero-order valence-electron chi connectivity index (χ0n) is 20.9. The van der Waals surface area contributed by atoms with Gasteiger partial charge in [0.15, 0.2) is 0 Å². The van der Waals surface area contributed by atoms with Crippen LogP contribution in [0, 0.1) is 0 Å². The Bertz CT molecular complexity index is 1250. The number of esters is 1. The Morgan fingerprint density at radius 1 is 1.06 bits per heavy atom. The van der Waals surface area contributed by atoms with Gasteiger partial charge < -0.3 is 18.8 Å². The average Bonchev–Trinajstić information content (AvgIpc) is 3.30. The lowest BCUT2D eigenvalue weighted by Crippen LogP contribution is -2.41. The number of ether oxygens (including phenoxy) is 2. The van der Waals surface area contributed by atoms with Crippen molar-refractivity contribution in [3.8, 4) is 5.75 Å². The third kappa shape index (κ3) is 5.10. The first kappa shape index (κ1) is 26.1. The normalized spacial score (nSPS) is 16.9. The second-order valence-corrected chi connectivity index (χ2v) is 9.74. The van der Waals surface area contributed by atoms with Crippen molar-refractivity contribution >= 4 is 29.5 Å². The average molecular weight is 503 g/mol. The molecule has 0 N–H and O–H groups in total. The van der Waals surface area contributed by atoms with Crippen LogP contribution in [-0.2, 0) is 38.2 Å². The lowest BCUT2D eigenvalue weighted by atomic mass is 9.76. The van der Waals surface area contributed by atoms with Crippen molar-refractivity contribution in [1.82, 2.24) is 4.57 Å². The molecule has 36 heavy (non-hydrogen) atoms. The van der Waals surface area contributed by atoms with Gasteiger partial charge in [0.1, 0.15) is 12.4 Å². The number of hydrogen-bond acceptors (Lipinski definition) is 5. The number of carbonyl (C=O) groups is 1. The largest absolute Gasteiger partial charge is 0.495 e. The van der Waals surface area contributed by atoms with E-state index in [1.54, 1.807) is 37.3 Å². The van der Waals surface area contributed by atoms with Crippen molar-refractivity contribution in [2.45, 2.75) is 65.1 Å². The number of halogens is 3. The highest BCUT2D eigenvalue weighted by Gasteiger charge is 2.52. The number of benzene rings is 2. The Hall–Kier alpha value is -2.98. The number of rotatable bonds is 7. The van der Waals surface area contributed by atoms with Crippen LogP contribution in [0.4, 0.5) is 13.2 Å². The van der Waals surface area contributed by atoms with Crippen molar-refractivity contribution in [1.29, 1.82) is 0 Å². The summed E-state index contributed by atoms with van der Waals surface area (Å²) < 4.78 is 64.8. The molecule has 0 aliphatic carbocycles. The maximum absolute atomic E-state index is 13.8. The van der Waals surface area contributed by atoms with Crippen LogP contribution < -0.4 is 10.2 Å². The summed E-state index contributed by atoms with van der Waals surface area (Å²) in [5.41, 5.74) is 0.287. The zero-order chi connectivity index (χ0) is 26.3. The first-order valence-electron chi connectivity index (χ1n) is 11.8. The molecule has 0 unspecified atom stereocenters. The SMILES string of the molecule is CCOC(=O)Cc1ccccc1OCc1cc(B2OC(C)(C)C(C)(C)O2)c2ccn(C(F)(F)F)c2c1. The van der Waals surface area contributed by atoms with Gasteiger partial charge >= 0.3 is 19.4 Å². The highest BCUT2D eigenvalue weighted by molar-refractivity contribution is 6.65. The van der Waals surface area contributed by atoms with Crippen molar-refractivity contribution in [3.63, 3.8) is 0 Å². The minimum absolute atomic E-state index is 0.0203. The van der Waals surface area contributed by atoms with E-state index in [1.165, 1.54) is 12.1 Å². The van der Waals surface area contributed by atoms with E-state index >= 15 is 0 Å². The molecule has 1 aliphatic rings. The van der Waals surface area contributed by atoms with E-state index in [9.17, 15) is 18.0 Å². The van der Waals surface area contributed by atoms with Gasteiger partial charge in [0.2, 0.25) is 0 Å². The van der Waals surface area contributed by atoms with Gasteiger partial charge in [-0.2, -0.15) is 0 Å². The van der Waals surface area contributed by atoms with Crippen LogP contribution in [0.15, 0.2) is 48.7 Å². The highest BCUT2D eigenvalue weighted by atomic mass is 19.4. The number of alkyl halides is 3. The van der Waals surface area contributed by atoms with Crippen LogP contribution in [0.5, 0.6) is 5.75 Å². The quantitative estimate of drug-likeness (QED) is 0.332. The summed E-state index contributed by atoms with van der Waals surface area (Å²) in [5, 5.41) is 0.386. The third-order valence-electron chi connectivity index (χ3n) is 6.69. The minimum atomic E-state index is -4.60. The lowest BCUT2D eigenvalue weighted by molar-refractivity contribution is -0.200. The molecule has 0 radical (unpaired) electrons. The van der Waals surface area contributed by atoms with Gasteiger partial charge in [0, 0.05) is 11.8 Å². The molecule has 0 saturated carbocycles. The smallest absolute Gasteiger partial charge is 0.489 e. The summed E-state index contributed by atoms with van der Waals surface area (Å²) in [6.07, 6.45) is -3.57. The number of para-hydroxylation sites is 1. The molecule has 2 heterocycles. The van der Waals surface area contributed by atoms with Gasteiger partial charge in [-0.25, -0.2) is 0 Å². The number of hydrogen-bond donors (Lipinski definition) is 0. The van der Waals surface area contributed by atoms with Crippen LogP contribution in [0.3, 0.4) is 0 Å². The van der Waals surface area contributed by atoms with Gasteiger partial charge in [0.25, 0.3) is 0 Å². The number of aromatic nitrogens is 1. The van der Waals surface area contributed by atoms with Crippen LogP contribution >= 0.6 is 0 Å². The van der Waals surface area contributed by atoms with Gasteiger partial charge in [-0.3, -0.25) is 9.36 Å². The fraction of sp³-hybridized carbons (Fsp3) is 0.423. The maximum atomic E-state index is 13.8. The Morgan fingerprint density at radius 3 is 2.36 bits per heavy atom. The second-order valence-electron chi connectivity index (χ2n) is 9.74. The molecule has 1 fully saturated rings. The highest BCUT2D eigenvalue weighted by Crippen LogP contribution is 2.38. The predicted octanol–water partition coefficient (Wildman–Crippen LogP) is 5.10. The van der Waals surface area contributed by atoms with Crippen molar-refractivity contribution in [2.75, 3.05) is 6.61 Å². The number of fused-ring (bicyclic) bond motifs is 1. The second kappa shape index (κ2) is 9.48. The zero-order valence-corrected chi connectivity index (χ0v) is 20.9. The van der Waals surface area contributed by atoms with Gasteiger partial charge in [0.05, 0.1) is 29.7 Å². The lowest BCUT2D eigenvalue weighted by Gasteiger charge is -2.32. The molecule has 10 heteroatoms. The van der Waals surface area contributed by atoms with Crippen molar-refractivity contribution < 1.29 is 36.7 Å². The standard InChI is InChI=1S/C26H29BF3NO5/c1-6-33-23(32)15-18-9-7-8-10-22(18)34-16-17-13-20(27-35-24(2,3)25(4,5)36-27)19-11-12-31(21(19)14-17)26(28,29)30/h7-14H,6,15-16H2,1-5H3. The fourth-order valence-corrected chi connectivity index (χ4v) is 4.12. The molecule has 2 aromatic carbocycles. The van der Waals surface area contributed by atoms with E-state index in [1.807, 2.05) is 27.7 Å². The topological polar surface area (TPSA) is 58.9 Å². The first-order chi connectivity index (χ1) is 16.8. The summed E-state index contributed by atoms with van der Waals surface area (Å²) >= 11 is 0. The van der Waals surface area contributed by atoms with Crippen LogP contribution in [0.1, 0.15) is 45.7 Å². The molecule has 1 aromatic heterocycles. The van der Waals surface area contributed by atoms with E-state index in [0.717, 1.165) is 6.20 Å². The van der Waals surface area contributed by atoms with Crippen LogP contribution in [0.2, 0.25) is 0 Å². The molecule has 0 atom stereocenters. The van der Waals surface area contributed by atoms with Gasteiger partial charge in [-0.15, -0.1) is 13.2 Å². The van der Waals surface area contributed by atoms with E-state index in [-0.39, 0.29) is 35.7 Å². The molecule has 0 bridgehead atoms. The summed E-state index contributed by atoms with van der Waals surface area (Å²) in [7, 11) is -0.849. The Morgan fingerprint density at radius 2 is 1.72 bits per heavy atom.